The van der Waals surface area contributed by atoms with Crippen LogP contribution in [0.2, 0.25) is 0 Å². The van der Waals surface area contributed by atoms with Crippen molar-refractivity contribution in [3.63, 3.8) is 0 Å². The molecule has 204 valence electrons. The Hall–Kier alpha value is -4.56. The molecule has 5 aromatic rings. The van der Waals surface area contributed by atoms with Crippen molar-refractivity contribution in [2.45, 2.75) is 24.5 Å². The fourth-order valence-electron chi connectivity index (χ4n) is 4.42. The average molecular weight is 572 g/mol. The molecule has 0 aliphatic carbocycles. The van der Waals surface area contributed by atoms with Gasteiger partial charge in [0.2, 0.25) is 0 Å². The highest BCUT2D eigenvalue weighted by atomic mass is 32.2. The van der Waals surface area contributed by atoms with Gasteiger partial charge in [-0.25, -0.2) is 22.7 Å². The SMILES string of the molecule is Cc1nc(C(F)F)cn1-c1ccc(-c2cccc(S(=O)O)c2)cc1-n1nncc1-c1ccc2c(c1)OC(F)(F)O2. The number of imidazole rings is 1. The van der Waals surface area contributed by atoms with Crippen LogP contribution in [0.4, 0.5) is 17.6 Å². The Morgan fingerprint density at radius 1 is 0.950 bits per heavy atom. The van der Waals surface area contributed by atoms with E-state index in [2.05, 4.69) is 24.8 Å². The molecule has 9 nitrogen and oxygen atoms in total. The van der Waals surface area contributed by atoms with Crippen molar-refractivity contribution in [1.29, 1.82) is 0 Å². The van der Waals surface area contributed by atoms with Gasteiger partial charge in [0.1, 0.15) is 11.5 Å². The number of ether oxygens (including phenoxy) is 2. The first kappa shape index (κ1) is 25.7. The smallest absolute Gasteiger partial charge is 0.395 e. The molecule has 3 heterocycles. The van der Waals surface area contributed by atoms with Crippen LogP contribution >= 0.6 is 0 Å². The molecule has 0 fully saturated rings. The van der Waals surface area contributed by atoms with Crippen molar-refractivity contribution >= 4 is 11.1 Å². The summed E-state index contributed by atoms with van der Waals surface area (Å²) in [6, 6.07) is 15.7. The second kappa shape index (κ2) is 9.57. The second-order valence-corrected chi connectivity index (χ2v) is 9.69. The molecule has 2 aromatic heterocycles. The minimum Gasteiger partial charge on any atom is -0.395 e. The van der Waals surface area contributed by atoms with E-state index < -0.39 is 29.5 Å². The van der Waals surface area contributed by atoms with E-state index in [0.29, 0.717) is 33.8 Å². The van der Waals surface area contributed by atoms with E-state index in [-0.39, 0.29) is 22.2 Å². The van der Waals surface area contributed by atoms with Gasteiger partial charge < -0.3 is 18.6 Å². The number of nitrogens with zero attached hydrogens (tertiary/aromatic N) is 5. The first-order valence-corrected chi connectivity index (χ1v) is 12.7. The Morgan fingerprint density at radius 3 is 2.45 bits per heavy atom. The lowest BCUT2D eigenvalue weighted by atomic mass is 10.0. The monoisotopic (exact) mass is 571 g/mol. The molecular formula is C26H17F4N5O4S. The molecule has 1 N–H and O–H groups in total. The largest absolute Gasteiger partial charge is 0.586 e. The van der Waals surface area contributed by atoms with Gasteiger partial charge in [-0.3, -0.25) is 0 Å². The summed E-state index contributed by atoms with van der Waals surface area (Å²) in [5.41, 5.74) is 2.39. The number of rotatable bonds is 6. The van der Waals surface area contributed by atoms with Gasteiger partial charge >= 0.3 is 6.29 Å². The lowest BCUT2D eigenvalue weighted by molar-refractivity contribution is -0.286. The highest BCUT2D eigenvalue weighted by Gasteiger charge is 2.43. The van der Waals surface area contributed by atoms with Crippen molar-refractivity contribution in [3.8, 4) is 45.3 Å². The molecule has 1 unspecified atom stereocenters. The number of aryl methyl sites for hydroxylation is 1. The minimum absolute atomic E-state index is 0.134. The normalized spacial score (nSPS) is 14.6. The summed E-state index contributed by atoms with van der Waals surface area (Å²) in [7, 11) is 0. The summed E-state index contributed by atoms with van der Waals surface area (Å²) in [6.07, 6.45) is -3.96. The fraction of sp³-hybridized carbons (Fsp3) is 0.115. The first-order valence-electron chi connectivity index (χ1n) is 11.6. The van der Waals surface area contributed by atoms with Crippen molar-refractivity contribution in [2.75, 3.05) is 0 Å². The molecule has 0 spiro atoms. The van der Waals surface area contributed by atoms with Gasteiger partial charge in [0.25, 0.3) is 6.43 Å². The van der Waals surface area contributed by atoms with Crippen LogP contribution in [0.3, 0.4) is 0 Å². The molecule has 1 atom stereocenters. The number of hydrogen-bond donors (Lipinski definition) is 1. The van der Waals surface area contributed by atoms with Gasteiger partial charge in [0.05, 0.1) is 28.2 Å². The molecule has 14 heteroatoms. The zero-order valence-corrected chi connectivity index (χ0v) is 21.2. The lowest BCUT2D eigenvalue weighted by Gasteiger charge is -2.16. The Labute approximate surface area is 225 Å². The molecule has 0 amide bonds. The Morgan fingerprint density at radius 2 is 1.70 bits per heavy atom. The average Bonchev–Trinajstić information content (AvgIpc) is 3.63. The predicted molar refractivity (Wildman–Crippen MR) is 134 cm³/mol. The Bertz CT molecular complexity index is 1790. The third kappa shape index (κ3) is 4.60. The van der Waals surface area contributed by atoms with Crippen LogP contribution in [0.1, 0.15) is 17.9 Å². The first-order chi connectivity index (χ1) is 19.1. The highest BCUT2D eigenvalue weighted by molar-refractivity contribution is 7.79. The van der Waals surface area contributed by atoms with Crippen molar-refractivity contribution in [2.24, 2.45) is 0 Å². The Kier molecular flexibility index (Phi) is 6.15. The van der Waals surface area contributed by atoms with Gasteiger partial charge in [0.15, 0.2) is 22.6 Å². The second-order valence-electron chi connectivity index (χ2n) is 8.72. The van der Waals surface area contributed by atoms with Crippen LogP contribution in [0.15, 0.2) is 78.0 Å². The summed E-state index contributed by atoms with van der Waals surface area (Å²) < 4.78 is 87.3. The maximum Gasteiger partial charge on any atom is 0.586 e. The van der Waals surface area contributed by atoms with E-state index >= 15 is 0 Å². The zero-order chi connectivity index (χ0) is 28.2. The van der Waals surface area contributed by atoms with Crippen LogP contribution in [-0.2, 0) is 11.1 Å². The minimum atomic E-state index is -3.80. The molecule has 6 rings (SSSR count). The molecule has 0 bridgehead atoms. The summed E-state index contributed by atoms with van der Waals surface area (Å²) in [5, 5.41) is 8.20. The van der Waals surface area contributed by atoms with Crippen molar-refractivity contribution in [3.05, 3.63) is 84.6 Å². The van der Waals surface area contributed by atoms with Crippen molar-refractivity contribution < 1.29 is 35.8 Å². The fourth-order valence-corrected chi connectivity index (χ4v) is 4.85. The molecule has 1 aliphatic heterocycles. The number of alkyl halides is 4. The maximum atomic E-state index is 13.6. The van der Waals surface area contributed by atoms with Crippen LogP contribution in [-0.4, -0.2) is 39.6 Å². The standard InChI is InChI=1S/C26H17F4N5O4S/c1-14-32-19(25(27)28)13-34(14)20-7-5-16(15-3-2-4-18(9-15)40(36)37)10-21(20)35-22(12-31-33-35)17-6-8-23-24(11-17)39-26(29,30)38-23/h2-13,25H,1H3,(H,36,37). The predicted octanol–water partition coefficient (Wildman–Crippen LogP) is 5.94. The molecule has 0 saturated heterocycles. The van der Waals surface area contributed by atoms with Crippen LogP contribution in [0, 0.1) is 6.92 Å². The van der Waals surface area contributed by atoms with E-state index in [1.165, 1.54) is 45.9 Å². The maximum absolute atomic E-state index is 13.6. The number of benzene rings is 3. The molecule has 3 aromatic carbocycles. The van der Waals surface area contributed by atoms with E-state index in [1.54, 1.807) is 43.3 Å². The van der Waals surface area contributed by atoms with E-state index in [9.17, 15) is 26.3 Å². The number of hydrogen-bond acceptors (Lipinski definition) is 6. The van der Waals surface area contributed by atoms with Crippen LogP contribution in [0.25, 0.3) is 33.8 Å². The van der Waals surface area contributed by atoms with Crippen molar-refractivity contribution in [1.82, 2.24) is 24.5 Å². The molecule has 0 saturated carbocycles. The number of aromatic nitrogens is 5. The Balaban J connectivity index is 1.53. The summed E-state index contributed by atoms with van der Waals surface area (Å²) in [4.78, 5) is 4.15. The molecule has 40 heavy (non-hydrogen) atoms. The van der Waals surface area contributed by atoms with Gasteiger partial charge in [-0.15, -0.1) is 13.9 Å². The van der Waals surface area contributed by atoms with Crippen LogP contribution in [0.5, 0.6) is 11.5 Å². The van der Waals surface area contributed by atoms with Crippen LogP contribution < -0.4 is 9.47 Å². The number of halogens is 4. The summed E-state index contributed by atoms with van der Waals surface area (Å²) in [5.74, 6) is -0.0239. The highest BCUT2D eigenvalue weighted by Crippen LogP contribution is 2.43. The number of fused-ring (bicyclic) bond motifs is 1. The topological polar surface area (TPSA) is 104 Å². The summed E-state index contributed by atoms with van der Waals surface area (Å²) >= 11 is -2.21. The van der Waals surface area contributed by atoms with Gasteiger partial charge in [-0.1, -0.05) is 23.4 Å². The zero-order valence-electron chi connectivity index (χ0n) is 20.3. The van der Waals surface area contributed by atoms with Gasteiger partial charge in [-0.2, -0.15) is 0 Å². The summed E-state index contributed by atoms with van der Waals surface area (Å²) in [6.45, 7) is 1.57. The third-order valence-corrected chi connectivity index (χ3v) is 6.86. The van der Waals surface area contributed by atoms with Gasteiger partial charge in [0, 0.05) is 11.8 Å². The molecule has 0 radical (unpaired) electrons. The van der Waals surface area contributed by atoms with E-state index in [0.717, 1.165) is 0 Å². The third-order valence-electron chi connectivity index (χ3n) is 6.20. The van der Waals surface area contributed by atoms with Gasteiger partial charge in [-0.05, 0) is 60.5 Å². The molecular weight excluding hydrogens is 554 g/mol. The molecule has 1 aliphatic rings. The lowest BCUT2D eigenvalue weighted by Crippen LogP contribution is -2.25. The van der Waals surface area contributed by atoms with E-state index in [4.69, 9.17) is 0 Å². The van der Waals surface area contributed by atoms with E-state index in [1.807, 2.05) is 0 Å². The quantitative estimate of drug-likeness (QED) is 0.199.